The molecule has 3 rings (SSSR count). The lowest BCUT2D eigenvalue weighted by Crippen LogP contribution is -2.42. The summed E-state index contributed by atoms with van der Waals surface area (Å²) < 4.78 is 45.2. The molecule has 1 atom stereocenters. The van der Waals surface area contributed by atoms with E-state index in [2.05, 4.69) is 10.6 Å². The first-order valence-electron chi connectivity index (χ1n) is 8.68. The van der Waals surface area contributed by atoms with Gasteiger partial charge in [-0.1, -0.05) is 29.3 Å². The number of thiocarbonyl (C=S) groups is 1. The minimum atomic E-state index is -4.54. The third-order valence-corrected chi connectivity index (χ3v) is 5.01. The molecular formula is C20H20ClF3N2OS. The maximum absolute atomic E-state index is 13.1. The molecule has 2 aromatic carbocycles. The molecular weight excluding hydrogens is 409 g/mol. The molecule has 2 aromatic rings. The summed E-state index contributed by atoms with van der Waals surface area (Å²) >= 11 is 11.0. The SMILES string of the molecule is Cc1ccc2c(c1)C(NC(=S)Nc1ccc(Cl)c(C(F)(F)F)c1)CC(C)(C)O2. The molecule has 150 valence electrons. The van der Waals surface area contributed by atoms with Crippen molar-refractivity contribution >= 4 is 34.6 Å². The predicted molar refractivity (Wildman–Crippen MR) is 109 cm³/mol. The van der Waals surface area contributed by atoms with E-state index >= 15 is 0 Å². The van der Waals surface area contributed by atoms with Crippen molar-refractivity contribution in [2.24, 2.45) is 0 Å². The average Bonchev–Trinajstić information content (AvgIpc) is 2.55. The Morgan fingerprint density at radius 2 is 1.93 bits per heavy atom. The summed E-state index contributed by atoms with van der Waals surface area (Å²) in [5, 5.41) is 5.90. The van der Waals surface area contributed by atoms with Crippen LogP contribution in [0.15, 0.2) is 36.4 Å². The molecule has 3 nitrogen and oxygen atoms in total. The smallest absolute Gasteiger partial charge is 0.417 e. The molecule has 2 N–H and O–H groups in total. The van der Waals surface area contributed by atoms with Crippen LogP contribution >= 0.6 is 23.8 Å². The molecule has 1 aliphatic rings. The molecule has 0 bridgehead atoms. The van der Waals surface area contributed by atoms with Gasteiger partial charge in [0, 0.05) is 17.7 Å². The van der Waals surface area contributed by atoms with Crippen LogP contribution in [0.3, 0.4) is 0 Å². The maximum atomic E-state index is 13.1. The highest BCUT2D eigenvalue weighted by molar-refractivity contribution is 7.80. The third-order valence-electron chi connectivity index (χ3n) is 4.46. The van der Waals surface area contributed by atoms with Crippen molar-refractivity contribution < 1.29 is 17.9 Å². The number of halogens is 4. The highest BCUT2D eigenvalue weighted by Gasteiger charge is 2.35. The Kier molecular flexibility index (Phi) is 5.51. The topological polar surface area (TPSA) is 33.3 Å². The lowest BCUT2D eigenvalue weighted by molar-refractivity contribution is -0.137. The summed E-state index contributed by atoms with van der Waals surface area (Å²) in [6, 6.07) is 9.39. The molecule has 28 heavy (non-hydrogen) atoms. The third kappa shape index (κ3) is 4.70. The van der Waals surface area contributed by atoms with Crippen LogP contribution in [-0.2, 0) is 6.18 Å². The van der Waals surface area contributed by atoms with Gasteiger partial charge in [0.1, 0.15) is 11.4 Å². The van der Waals surface area contributed by atoms with Gasteiger partial charge in [0.2, 0.25) is 0 Å². The van der Waals surface area contributed by atoms with Gasteiger partial charge < -0.3 is 15.4 Å². The number of alkyl halides is 3. The standard InChI is InChI=1S/C20H20ClF3N2OS/c1-11-4-7-17-13(8-11)16(10-19(2,3)27-17)26-18(28)25-12-5-6-15(21)14(9-12)20(22,23)24/h4-9,16H,10H2,1-3H3,(H2,25,26,28). The largest absolute Gasteiger partial charge is 0.487 e. The van der Waals surface area contributed by atoms with Crippen molar-refractivity contribution in [3.8, 4) is 5.75 Å². The van der Waals surface area contributed by atoms with E-state index < -0.39 is 17.3 Å². The second-order valence-electron chi connectivity index (χ2n) is 7.45. The maximum Gasteiger partial charge on any atom is 0.417 e. The zero-order valence-electron chi connectivity index (χ0n) is 15.6. The Morgan fingerprint density at radius 1 is 1.21 bits per heavy atom. The fourth-order valence-corrected chi connectivity index (χ4v) is 3.73. The van der Waals surface area contributed by atoms with Gasteiger partial charge in [-0.25, -0.2) is 0 Å². The van der Waals surface area contributed by atoms with E-state index in [0.717, 1.165) is 22.9 Å². The second-order valence-corrected chi connectivity index (χ2v) is 8.27. The average molecular weight is 429 g/mol. The fourth-order valence-electron chi connectivity index (χ4n) is 3.25. The van der Waals surface area contributed by atoms with Gasteiger partial charge in [-0.05, 0) is 57.3 Å². The van der Waals surface area contributed by atoms with Crippen molar-refractivity contribution in [1.29, 1.82) is 0 Å². The lowest BCUT2D eigenvalue weighted by atomic mass is 9.89. The number of aryl methyl sites for hydroxylation is 1. The number of rotatable bonds is 2. The van der Waals surface area contributed by atoms with E-state index in [9.17, 15) is 13.2 Å². The zero-order chi connectivity index (χ0) is 20.7. The zero-order valence-corrected chi connectivity index (χ0v) is 17.1. The quantitative estimate of drug-likeness (QED) is 0.553. The van der Waals surface area contributed by atoms with Gasteiger partial charge in [0.25, 0.3) is 0 Å². The Balaban J connectivity index is 1.80. The van der Waals surface area contributed by atoms with Gasteiger partial charge in [-0.2, -0.15) is 13.2 Å². The van der Waals surface area contributed by atoms with Crippen LogP contribution < -0.4 is 15.4 Å². The molecule has 0 spiro atoms. The highest BCUT2D eigenvalue weighted by atomic mass is 35.5. The van der Waals surface area contributed by atoms with E-state index in [4.69, 9.17) is 28.6 Å². The van der Waals surface area contributed by atoms with Crippen LogP contribution in [0.1, 0.15) is 43.0 Å². The summed E-state index contributed by atoms with van der Waals surface area (Å²) in [6.07, 6.45) is -3.88. The molecule has 0 amide bonds. The first kappa shape index (κ1) is 20.7. The molecule has 0 fully saturated rings. The Bertz CT molecular complexity index is 915. The van der Waals surface area contributed by atoms with E-state index in [1.54, 1.807) is 0 Å². The van der Waals surface area contributed by atoms with Crippen molar-refractivity contribution in [2.75, 3.05) is 5.32 Å². The summed E-state index contributed by atoms with van der Waals surface area (Å²) in [5.74, 6) is 0.771. The molecule has 0 saturated heterocycles. The van der Waals surface area contributed by atoms with Crippen molar-refractivity contribution in [3.63, 3.8) is 0 Å². The molecule has 1 heterocycles. The van der Waals surface area contributed by atoms with E-state index in [1.165, 1.54) is 12.1 Å². The number of anilines is 1. The van der Waals surface area contributed by atoms with Gasteiger partial charge >= 0.3 is 6.18 Å². The molecule has 0 aliphatic carbocycles. The molecule has 0 saturated carbocycles. The first-order chi connectivity index (χ1) is 12.9. The second kappa shape index (κ2) is 7.44. The number of hydrogen-bond donors (Lipinski definition) is 2. The van der Waals surface area contributed by atoms with Gasteiger partial charge in [-0.15, -0.1) is 0 Å². The van der Waals surface area contributed by atoms with Crippen LogP contribution in [0.2, 0.25) is 5.02 Å². The lowest BCUT2D eigenvalue weighted by Gasteiger charge is -2.38. The minimum Gasteiger partial charge on any atom is -0.487 e. The van der Waals surface area contributed by atoms with Crippen LogP contribution in [0, 0.1) is 6.92 Å². The van der Waals surface area contributed by atoms with Crippen LogP contribution in [0.4, 0.5) is 18.9 Å². The molecule has 1 unspecified atom stereocenters. The number of fused-ring (bicyclic) bond motifs is 1. The highest BCUT2D eigenvalue weighted by Crippen LogP contribution is 2.40. The Morgan fingerprint density at radius 3 is 2.61 bits per heavy atom. The molecule has 1 aliphatic heterocycles. The Hall–Kier alpha value is -1.99. The van der Waals surface area contributed by atoms with Crippen molar-refractivity contribution in [3.05, 3.63) is 58.1 Å². The monoisotopic (exact) mass is 428 g/mol. The number of nitrogens with one attached hydrogen (secondary N) is 2. The number of ether oxygens (including phenoxy) is 1. The Labute approximate surface area is 172 Å². The summed E-state index contributed by atoms with van der Waals surface area (Å²) in [5.41, 5.74) is 0.954. The van der Waals surface area contributed by atoms with Crippen molar-refractivity contribution in [1.82, 2.24) is 5.32 Å². The van der Waals surface area contributed by atoms with E-state index in [0.29, 0.717) is 6.42 Å². The predicted octanol–water partition coefficient (Wildman–Crippen LogP) is 6.26. The van der Waals surface area contributed by atoms with Gasteiger partial charge in [0.05, 0.1) is 16.6 Å². The molecule has 0 radical (unpaired) electrons. The van der Waals surface area contributed by atoms with E-state index in [-0.39, 0.29) is 21.9 Å². The van der Waals surface area contributed by atoms with Crippen molar-refractivity contribution in [2.45, 2.75) is 45.0 Å². The minimum absolute atomic E-state index is 0.131. The van der Waals surface area contributed by atoms with Gasteiger partial charge in [0.15, 0.2) is 5.11 Å². The molecule has 0 aromatic heterocycles. The first-order valence-corrected chi connectivity index (χ1v) is 9.47. The number of benzene rings is 2. The van der Waals surface area contributed by atoms with Crippen LogP contribution in [0.5, 0.6) is 5.75 Å². The summed E-state index contributed by atoms with van der Waals surface area (Å²) in [4.78, 5) is 0. The van der Waals surface area contributed by atoms with E-state index in [1.807, 2.05) is 39.0 Å². The van der Waals surface area contributed by atoms with Gasteiger partial charge in [-0.3, -0.25) is 0 Å². The normalized spacial score (nSPS) is 18.0. The number of hydrogen-bond acceptors (Lipinski definition) is 2. The summed E-state index contributed by atoms with van der Waals surface area (Å²) in [7, 11) is 0. The fraction of sp³-hybridized carbons (Fsp3) is 0.350. The van der Waals surface area contributed by atoms with Crippen LogP contribution in [-0.4, -0.2) is 10.7 Å². The van der Waals surface area contributed by atoms with Crippen LogP contribution in [0.25, 0.3) is 0 Å². The summed E-state index contributed by atoms with van der Waals surface area (Å²) in [6.45, 7) is 5.95. The molecule has 8 heteroatoms.